The number of carbonyl (C=O) groups is 2. The minimum absolute atomic E-state index is 0.0114. The lowest BCUT2D eigenvalue weighted by atomic mass is 9.96. The van der Waals surface area contributed by atoms with Crippen LogP contribution in [0, 0.1) is 12.8 Å². The fraction of sp³-hybridized carbons (Fsp3) is 0.368. The van der Waals surface area contributed by atoms with Crippen LogP contribution in [0.1, 0.15) is 28.8 Å². The number of benzene rings is 1. The van der Waals surface area contributed by atoms with Crippen LogP contribution in [0.15, 0.2) is 47.3 Å². The SMILES string of the molecule is Cc1ccc(NC(=O)NCC2CCN(C(=O)c3ccoc3)CC2)cc1. The van der Waals surface area contributed by atoms with Crippen molar-refractivity contribution in [3.8, 4) is 0 Å². The molecule has 0 radical (unpaired) electrons. The van der Waals surface area contributed by atoms with Crippen LogP contribution in [-0.2, 0) is 0 Å². The van der Waals surface area contributed by atoms with Gasteiger partial charge in [0.15, 0.2) is 0 Å². The molecule has 0 unspecified atom stereocenters. The average molecular weight is 341 g/mol. The first-order valence-electron chi connectivity index (χ1n) is 8.55. The summed E-state index contributed by atoms with van der Waals surface area (Å²) in [5, 5.41) is 5.75. The zero-order chi connectivity index (χ0) is 17.6. The summed E-state index contributed by atoms with van der Waals surface area (Å²) in [5.74, 6) is 0.398. The van der Waals surface area contributed by atoms with E-state index in [1.54, 1.807) is 6.07 Å². The third-order valence-corrected chi connectivity index (χ3v) is 4.53. The summed E-state index contributed by atoms with van der Waals surface area (Å²) in [7, 11) is 0. The minimum atomic E-state index is -0.194. The molecule has 25 heavy (non-hydrogen) atoms. The van der Waals surface area contributed by atoms with Crippen LogP contribution in [0.25, 0.3) is 0 Å². The monoisotopic (exact) mass is 341 g/mol. The van der Waals surface area contributed by atoms with E-state index in [-0.39, 0.29) is 11.9 Å². The standard InChI is InChI=1S/C19H23N3O3/c1-14-2-4-17(5-3-14)21-19(24)20-12-15-6-9-22(10-7-15)18(23)16-8-11-25-13-16/h2-5,8,11,13,15H,6-7,9-10,12H2,1H3,(H2,20,21,24). The van der Waals surface area contributed by atoms with Gasteiger partial charge in [0, 0.05) is 25.3 Å². The molecule has 0 atom stereocenters. The van der Waals surface area contributed by atoms with Crippen molar-refractivity contribution in [2.24, 2.45) is 5.92 Å². The Morgan fingerprint density at radius 3 is 2.52 bits per heavy atom. The maximum atomic E-state index is 12.2. The van der Waals surface area contributed by atoms with Crippen molar-refractivity contribution in [1.82, 2.24) is 10.2 Å². The Kier molecular flexibility index (Phi) is 5.38. The number of carbonyl (C=O) groups excluding carboxylic acids is 2. The van der Waals surface area contributed by atoms with Crippen molar-refractivity contribution < 1.29 is 14.0 Å². The third-order valence-electron chi connectivity index (χ3n) is 4.53. The average Bonchev–Trinajstić information content (AvgIpc) is 3.16. The number of furan rings is 1. The van der Waals surface area contributed by atoms with Gasteiger partial charge in [-0.25, -0.2) is 4.79 Å². The highest BCUT2D eigenvalue weighted by molar-refractivity contribution is 5.93. The van der Waals surface area contributed by atoms with E-state index in [9.17, 15) is 9.59 Å². The number of rotatable bonds is 4. The number of aryl methyl sites for hydroxylation is 1. The van der Waals surface area contributed by atoms with Crippen molar-refractivity contribution in [1.29, 1.82) is 0 Å². The van der Waals surface area contributed by atoms with Gasteiger partial charge in [-0.05, 0) is 43.9 Å². The van der Waals surface area contributed by atoms with E-state index in [0.717, 1.165) is 24.1 Å². The van der Waals surface area contributed by atoms with Gasteiger partial charge < -0.3 is 20.0 Å². The number of nitrogens with one attached hydrogen (secondary N) is 2. The topological polar surface area (TPSA) is 74.6 Å². The Balaban J connectivity index is 1.39. The number of likely N-dealkylation sites (tertiary alicyclic amines) is 1. The number of piperidine rings is 1. The normalized spacial score (nSPS) is 15.0. The highest BCUT2D eigenvalue weighted by atomic mass is 16.3. The lowest BCUT2D eigenvalue weighted by Crippen LogP contribution is -2.42. The Bertz CT molecular complexity index is 702. The molecular formula is C19H23N3O3. The molecule has 6 heteroatoms. The Hall–Kier alpha value is -2.76. The van der Waals surface area contributed by atoms with Gasteiger partial charge in [-0.3, -0.25) is 4.79 Å². The highest BCUT2D eigenvalue weighted by Gasteiger charge is 2.24. The third kappa shape index (κ3) is 4.62. The summed E-state index contributed by atoms with van der Waals surface area (Å²) in [6, 6.07) is 9.18. The molecule has 1 aliphatic rings. The predicted octanol–water partition coefficient (Wildman–Crippen LogP) is 3.26. The van der Waals surface area contributed by atoms with Gasteiger partial charge in [0.05, 0.1) is 11.8 Å². The number of urea groups is 1. The zero-order valence-electron chi connectivity index (χ0n) is 14.3. The van der Waals surface area contributed by atoms with Gasteiger partial charge in [0.1, 0.15) is 6.26 Å². The molecule has 1 saturated heterocycles. The summed E-state index contributed by atoms with van der Waals surface area (Å²) in [6.45, 7) is 4.03. The molecule has 0 saturated carbocycles. The summed E-state index contributed by atoms with van der Waals surface area (Å²) < 4.78 is 4.97. The second-order valence-electron chi connectivity index (χ2n) is 6.45. The quantitative estimate of drug-likeness (QED) is 0.896. The molecule has 1 aromatic heterocycles. The van der Waals surface area contributed by atoms with E-state index in [1.165, 1.54) is 12.5 Å². The first-order valence-corrected chi connectivity index (χ1v) is 8.55. The number of hydrogen-bond acceptors (Lipinski definition) is 3. The largest absolute Gasteiger partial charge is 0.472 e. The molecule has 2 aromatic rings. The predicted molar refractivity (Wildman–Crippen MR) is 95.5 cm³/mol. The smallest absolute Gasteiger partial charge is 0.319 e. The van der Waals surface area contributed by atoms with Gasteiger partial charge >= 0.3 is 6.03 Å². The number of nitrogens with zero attached hydrogens (tertiary/aromatic N) is 1. The van der Waals surface area contributed by atoms with Crippen LogP contribution in [0.4, 0.5) is 10.5 Å². The van der Waals surface area contributed by atoms with Crippen molar-refractivity contribution in [2.75, 3.05) is 25.0 Å². The van der Waals surface area contributed by atoms with Crippen LogP contribution in [-0.4, -0.2) is 36.5 Å². The number of hydrogen-bond donors (Lipinski definition) is 2. The van der Waals surface area contributed by atoms with E-state index in [1.807, 2.05) is 36.1 Å². The molecule has 1 aromatic carbocycles. The molecular weight excluding hydrogens is 318 g/mol. The molecule has 1 aliphatic heterocycles. The lowest BCUT2D eigenvalue weighted by molar-refractivity contribution is 0.0690. The minimum Gasteiger partial charge on any atom is -0.472 e. The van der Waals surface area contributed by atoms with Gasteiger partial charge in [0.2, 0.25) is 0 Å². The van der Waals surface area contributed by atoms with Crippen LogP contribution >= 0.6 is 0 Å². The molecule has 132 valence electrons. The number of anilines is 1. The Morgan fingerprint density at radius 2 is 1.88 bits per heavy atom. The van der Waals surface area contributed by atoms with Gasteiger partial charge in [-0.2, -0.15) is 0 Å². The first kappa shape index (κ1) is 17.1. The Morgan fingerprint density at radius 1 is 1.16 bits per heavy atom. The van der Waals surface area contributed by atoms with Crippen LogP contribution in [0.2, 0.25) is 0 Å². The van der Waals surface area contributed by atoms with E-state index in [0.29, 0.717) is 31.1 Å². The second kappa shape index (κ2) is 7.88. The summed E-state index contributed by atoms with van der Waals surface area (Å²) >= 11 is 0. The maximum Gasteiger partial charge on any atom is 0.319 e. The molecule has 1 fully saturated rings. The van der Waals surface area contributed by atoms with Gasteiger partial charge in [0.25, 0.3) is 5.91 Å². The zero-order valence-corrected chi connectivity index (χ0v) is 14.3. The van der Waals surface area contributed by atoms with Gasteiger partial charge in [-0.1, -0.05) is 17.7 Å². The Labute approximate surface area is 147 Å². The van der Waals surface area contributed by atoms with Crippen LogP contribution in [0.5, 0.6) is 0 Å². The summed E-state index contributed by atoms with van der Waals surface area (Å²) in [5.41, 5.74) is 2.53. The molecule has 0 bridgehead atoms. The molecule has 2 heterocycles. The fourth-order valence-electron chi connectivity index (χ4n) is 2.96. The van der Waals surface area contributed by atoms with E-state index in [2.05, 4.69) is 10.6 Å². The van der Waals surface area contributed by atoms with Crippen molar-refractivity contribution in [2.45, 2.75) is 19.8 Å². The van der Waals surface area contributed by atoms with Crippen LogP contribution in [0.3, 0.4) is 0 Å². The van der Waals surface area contributed by atoms with Crippen LogP contribution < -0.4 is 10.6 Å². The summed E-state index contributed by atoms with van der Waals surface area (Å²) in [6.07, 6.45) is 4.75. The molecule has 3 amide bonds. The molecule has 3 rings (SSSR count). The molecule has 6 nitrogen and oxygen atoms in total. The second-order valence-corrected chi connectivity index (χ2v) is 6.45. The van der Waals surface area contributed by atoms with E-state index >= 15 is 0 Å². The van der Waals surface area contributed by atoms with Crippen molar-refractivity contribution in [3.63, 3.8) is 0 Å². The van der Waals surface area contributed by atoms with E-state index < -0.39 is 0 Å². The van der Waals surface area contributed by atoms with Gasteiger partial charge in [-0.15, -0.1) is 0 Å². The highest BCUT2D eigenvalue weighted by Crippen LogP contribution is 2.19. The fourth-order valence-corrected chi connectivity index (χ4v) is 2.96. The maximum absolute atomic E-state index is 12.2. The molecule has 0 aliphatic carbocycles. The molecule has 0 spiro atoms. The lowest BCUT2D eigenvalue weighted by Gasteiger charge is -2.31. The van der Waals surface area contributed by atoms with Crippen molar-refractivity contribution in [3.05, 3.63) is 54.0 Å². The number of amides is 3. The van der Waals surface area contributed by atoms with Crippen molar-refractivity contribution >= 4 is 17.6 Å². The summed E-state index contributed by atoms with van der Waals surface area (Å²) in [4.78, 5) is 26.1. The first-order chi connectivity index (χ1) is 12.1. The molecule has 2 N–H and O–H groups in total. The van der Waals surface area contributed by atoms with E-state index in [4.69, 9.17) is 4.42 Å².